The number of rotatable bonds is 3. The first-order valence-corrected chi connectivity index (χ1v) is 5.64. The molecule has 0 spiro atoms. The molecule has 1 aliphatic rings. The first kappa shape index (κ1) is 14.6. The fraction of sp³-hybridized carbons (Fsp3) is 0.571. The molecule has 0 amide bonds. The summed E-state index contributed by atoms with van der Waals surface area (Å²) in [6.45, 7) is 7.46. The zero-order valence-electron chi connectivity index (χ0n) is 10.7. The van der Waals surface area contributed by atoms with E-state index in [0.29, 0.717) is 11.7 Å². The number of carbonyl (C=O) groups is 1. The van der Waals surface area contributed by atoms with E-state index >= 15 is 0 Å². The van der Waals surface area contributed by atoms with Crippen molar-refractivity contribution in [2.45, 2.75) is 40.5 Å². The second kappa shape index (κ2) is 7.00. The molecule has 0 saturated carbocycles. The molecular weight excluding hydrogens is 198 g/mol. The fourth-order valence-electron chi connectivity index (χ4n) is 1.95. The van der Waals surface area contributed by atoms with Crippen LogP contribution in [-0.4, -0.2) is 5.78 Å². The number of carbonyl (C=O) groups excluding carboxylic acids is 1. The zero-order valence-corrected chi connectivity index (χ0v) is 10.7. The smallest absolute Gasteiger partial charge is 0.140 e. The molecule has 1 aliphatic carbocycles. The minimum absolute atomic E-state index is 0.205. The number of nitriles is 1. The van der Waals surface area contributed by atoms with E-state index in [4.69, 9.17) is 5.26 Å². The summed E-state index contributed by atoms with van der Waals surface area (Å²) in [5.41, 5.74) is -0.205. The third-order valence-electron chi connectivity index (χ3n) is 2.62. The normalized spacial score (nSPS) is 22.2. The molecule has 16 heavy (non-hydrogen) atoms. The Morgan fingerprint density at radius 3 is 2.38 bits per heavy atom. The maximum atomic E-state index is 11.6. The van der Waals surface area contributed by atoms with Gasteiger partial charge < -0.3 is 0 Å². The number of ketones is 1. The lowest BCUT2D eigenvalue weighted by Gasteiger charge is -2.30. The van der Waals surface area contributed by atoms with Crippen LogP contribution in [0.2, 0.25) is 0 Å². The number of hydrogen-bond acceptors (Lipinski definition) is 2. The van der Waals surface area contributed by atoms with Crippen LogP contribution < -0.4 is 0 Å². The lowest BCUT2D eigenvalue weighted by Crippen LogP contribution is -2.29. The van der Waals surface area contributed by atoms with Gasteiger partial charge in [-0.3, -0.25) is 4.79 Å². The van der Waals surface area contributed by atoms with E-state index in [1.54, 1.807) is 13.0 Å². The van der Waals surface area contributed by atoms with Gasteiger partial charge in [0.05, 0.1) is 11.5 Å². The Hall–Kier alpha value is -1.36. The van der Waals surface area contributed by atoms with Gasteiger partial charge in [0.1, 0.15) is 5.78 Å². The van der Waals surface area contributed by atoms with E-state index in [0.717, 1.165) is 12.8 Å². The van der Waals surface area contributed by atoms with Crippen LogP contribution >= 0.6 is 0 Å². The third-order valence-corrected chi connectivity index (χ3v) is 2.62. The number of Topliss-reactive ketones (excluding diaryl/α,β-unsaturated/α-hetero) is 1. The molecule has 0 aliphatic heterocycles. The molecule has 0 fully saturated rings. The Labute approximate surface area is 98.7 Å². The molecule has 1 rings (SSSR count). The lowest BCUT2D eigenvalue weighted by molar-refractivity contribution is -0.124. The summed E-state index contributed by atoms with van der Waals surface area (Å²) in [5, 5.41) is 7.32. The van der Waals surface area contributed by atoms with Crippen molar-refractivity contribution in [1.29, 1.82) is 5.26 Å². The minimum atomic E-state index is -0.205. The van der Waals surface area contributed by atoms with Gasteiger partial charge in [-0.15, -0.1) is 0 Å². The van der Waals surface area contributed by atoms with Gasteiger partial charge in [-0.05, 0) is 25.7 Å². The third kappa shape index (κ3) is 4.44. The predicted octanol–water partition coefficient (Wildman–Crippen LogP) is 3.65. The number of allylic oxidation sites excluding steroid dienone is 4. The second-order valence-electron chi connectivity index (χ2n) is 4.53. The van der Waals surface area contributed by atoms with Gasteiger partial charge in [0, 0.05) is 6.92 Å². The highest BCUT2D eigenvalue weighted by molar-refractivity contribution is 5.85. The Bertz CT molecular complexity index is 320. The van der Waals surface area contributed by atoms with Crippen molar-refractivity contribution in [3.63, 3.8) is 0 Å². The van der Waals surface area contributed by atoms with E-state index in [1.807, 2.05) is 12.2 Å². The van der Waals surface area contributed by atoms with Crippen LogP contribution in [0.25, 0.3) is 0 Å². The lowest BCUT2D eigenvalue weighted by atomic mass is 9.73. The average molecular weight is 219 g/mol. The maximum Gasteiger partial charge on any atom is 0.140 e. The Morgan fingerprint density at radius 1 is 1.50 bits per heavy atom. The Morgan fingerprint density at radius 2 is 2.06 bits per heavy atom. The highest BCUT2D eigenvalue weighted by Gasteiger charge is 2.32. The molecule has 2 heteroatoms. The molecule has 0 N–H and O–H groups in total. The quantitative estimate of drug-likeness (QED) is 0.727. The van der Waals surface area contributed by atoms with Crippen LogP contribution in [0.4, 0.5) is 0 Å². The second-order valence-corrected chi connectivity index (χ2v) is 4.53. The van der Waals surface area contributed by atoms with Gasteiger partial charge >= 0.3 is 0 Å². The molecule has 1 atom stereocenters. The van der Waals surface area contributed by atoms with Gasteiger partial charge in [-0.1, -0.05) is 38.2 Å². The van der Waals surface area contributed by atoms with Crippen molar-refractivity contribution in [2.75, 3.05) is 0 Å². The van der Waals surface area contributed by atoms with Crippen molar-refractivity contribution in [3.8, 4) is 6.07 Å². The summed E-state index contributed by atoms with van der Waals surface area (Å²) < 4.78 is 0. The molecule has 88 valence electrons. The predicted molar refractivity (Wildman–Crippen MR) is 66.8 cm³/mol. The molecule has 0 radical (unpaired) electrons. The summed E-state index contributed by atoms with van der Waals surface area (Å²) in [6, 6.07) is 1.75. The molecule has 0 aromatic rings. The average Bonchev–Trinajstić information content (AvgIpc) is 2.19. The van der Waals surface area contributed by atoms with Crippen LogP contribution in [0.3, 0.4) is 0 Å². The van der Waals surface area contributed by atoms with E-state index in [2.05, 4.69) is 26.0 Å². The highest BCUT2D eigenvalue weighted by Crippen LogP contribution is 2.35. The van der Waals surface area contributed by atoms with Gasteiger partial charge in [0.2, 0.25) is 0 Å². The molecule has 0 aromatic heterocycles. The summed E-state index contributed by atoms with van der Waals surface area (Å²) in [4.78, 5) is 11.6. The fourth-order valence-corrected chi connectivity index (χ4v) is 1.95. The van der Waals surface area contributed by atoms with Crippen LogP contribution in [0.1, 0.15) is 40.5 Å². The van der Waals surface area contributed by atoms with Crippen LogP contribution in [0.15, 0.2) is 24.3 Å². The molecule has 1 unspecified atom stereocenters. The van der Waals surface area contributed by atoms with Crippen LogP contribution in [0.5, 0.6) is 0 Å². The molecule has 0 bridgehead atoms. The van der Waals surface area contributed by atoms with Crippen LogP contribution in [0, 0.1) is 22.7 Å². The molecule has 0 saturated heterocycles. The molecular formula is C14H21NO. The summed E-state index contributed by atoms with van der Waals surface area (Å²) in [7, 11) is 0. The Balaban J connectivity index is 0.000000673. The first-order chi connectivity index (χ1) is 7.48. The number of nitrogens with zero attached hydrogens (tertiary/aromatic N) is 1. The van der Waals surface area contributed by atoms with Gasteiger partial charge in [-0.2, -0.15) is 5.26 Å². The molecule has 0 aromatic carbocycles. The van der Waals surface area contributed by atoms with E-state index in [1.165, 1.54) is 6.92 Å². The monoisotopic (exact) mass is 219 g/mol. The van der Waals surface area contributed by atoms with Gasteiger partial charge in [0.15, 0.2) is 0 Å². The summed E-state index contributed by atoms with van der Waals surface area (Å²) in [5.74, 6) is 0.863. The van der Waals surface area contributed by atoms with Crippen molar-refractivity contribution in [1.82, 2.24) is 0 Å². The van der Waals surface area contributed by atoms with Crippen molar-refractivity contribution in [2.24, 2.45) is 11.3 Å². The Kier molecular flexibility index (Phi) is 6.41. The van der Waals surface area contributed by atoms with Gasteiger partial charge in [0.25, 0.3) is 0 Å². The molecule has 2 nitrogen and oxygen atoms in total. The first-order valence-electron chi connectivity index (χ1n) is 5.64. The minimum Gasteiger partial charge on any atom is -0.299 e. The van der Waals surface area contributed by atoms with E-state index in [-0.39, 0.29) is 5.41 Å². The number of hydrogen-bond donors (Lipinski definition) is 0. The largest absolute Gasteiger partial charge is 0.299 e. The SMILES string of the molecule is CC#N.CC(=O)C1(CC(C)C)C=CC=CC1. The highest BCUT2D eigenvalue weighted by atomic mass is 16.1. The maximum absolute atomic E-state index is 11.6. The van der Waals surface area contributed by atoms with E-state index < -0.39 is 0 Å². The zero-order chi connectivity index (χ0) is 12.6. The van der Waals surface area contributed by atoms with Crippen molar-refractivity contribution >= 4 is 5.78 Å². The van der Waals surface area contributed by atoms with Crippen molar-refractivity contribution in [3.05, 3.63) is 24.3 Å². The molecule has 0 heterocycles. The summed E-state index contributed by atoms with van der Waals surface area (Å²) in [6.07, 6.45) is 9.99. The van der Waals surface area contributed by atoms with Gasteiger partial charge in [-0.25, -0.2) is 0 Å². The van der Waals surface area contributed by atoms with E-state index in [9.17, 15) is 4.79 Å². The standard InChI is InChI=1S/C12H18O.C2H3N/c1-10(2)9-12(11(3)13)7-5-4-6-8-12;1-2-3/h4-7,10H,8-9H2,1-3H3;1H3. The van der Waals surface area contributed by atoms with Crippen molar-refractivity contribution < 1.29 is 4.79 Å². The van der Waals surface area contributed by atoms with Crippen LogP contribution in [-0.2, 0) is 4.79 Å². The topological polar surface area (TPSA) is 40.9 Å². The summed E-state index contributed by atoms with van der Waals surface area (Å²) >= 11 is 0.